The molecule has 0 aliphatic heterocycles. The molecule has 0 aliphatic carbocycles. The van der Waals surface area contributed by atoms with Gasteiger partial charge in [0.2, 0.25) is 0 Å². The minimum absolute atomic E-state index is 0.116. The summed E-state index contributed by atoms with van der Waals surface area (Å²) in [7, 11) is 0. The molecular weight excluding hydrogens is 333 g/mol. The van der Waals surface area contributed by atoms with E-state index in [2.05, 4.69) is 21.2 Å². The molecular formula is C10H8BrF3N2O3. The van der Waals surface area contributed by atoms with Gasteiger partial charge in [0.15, 0.2) is 0 Å². The minimum atomic E-state index is -4.54. The standard InChI is InChI=1S/C10H8BrF3N2O3/c11-6-3-1-2-5(8(17)18)7(6)16-9(19)15-4-10(12,13)14/h1-3H,4H2,(H,17,18)(H2,15,16,19). The maximum absolute atomic E-state index is 11.9. The molecule has 0 atom stereocenters. The predicted molar refractivity (Wildman–Crippen MR) is 64.2 cm³/mol. The second-order valence-corrected chi connectivity index (χ2v) is 4.24. The lowest BCUT2D eigenvalue weighted by Crippen LogP contribution is -2.37. The van der Waals surface area contributed by atoms with Crippen LogP contribution in [0.5, 0.6) is 0 Å². The molecule has 0 aliphatic rings. The summed E-state index contributed by atoms with van der Waals surface area (Å²) < 4.78 is 35.9. The molecule has 0 unspecified atom stereocenters. The zero-order chi connectivity index (χ0) is 14.6. The third kappa shape index (κ3) is 4.78. The predicted octanol–water partition coefficient (Wildman–Crippen LogP) is 2.83. The van der Waals surface area contributed by atoms with E-state index in [-0.39, 0.29) is 15.7 Å². The number of alkyl halides is 3. The van der Waals surface area contributed by atoms with Gasteiger partial charge in [-0.25, -0.2) is 9.59 Å². The summed E-state index contributed by atoms with van der Waals surface area (Å²) in [5, 5.41) is 12.5. The number of halogens is 4. The Balaban J connectivity index is 2.82. The van der Waals surface area contributed by atoms with Crippen molar-refractivity contribution in [3.8, 4) is 0 Å². The van der Waals surface area contributed by atoms with Gasteiger partial charge in [-0.2, -0.15) is 13.2 Å². The maximum Gasteiger partial charge on any atom is 0.405 e. The van der Waals surface area contributed by atoms with E-state index in [1.165, 1.54) is 18.2 Å². The summed E-state index contributed by atoms with van der Waals surface area (Å²) >= 11 is 3.01. The molecule has 0 heterocycles. The Morgan fingerprint density at radius 2 is 1.95 bits per heavy atom. The van der Waals surface area contributed by atoms with Crippen molar-refractivity contribution >= 4 is 33.6 Å². The van der Waals surface area contributed by atoms with Gasteiger partial charge in [0.1, 0.15) is 6.54 Å². The molecule has 0 bridgehead atoms. The van der Waals surface area contributed by atoms with Crippen molar-refractivity contribution in [2.24, 2.45) is 0 Å². The van der Waals surface area contributed by atoms with Gasteiger partial charge in [0.05, 0.1) is 11.3 Å². The van der Waals surface area contributed by atoms with E-state index in [1.807, 2.05) is 0 Å². The zero-order valence-corrected chi connectivity index (χ0v) is 10.8. The third-order valence-electron chi connectivity index (χ3n) is 1.93. The smallest absolute Gasteiger partial charge is 0.405 e. The van der Waals surface area contributed by atoms with Crippen molar-refractivity contribution in [3.05, 3.63) is 28.2 Å². The molecule has 0 fully saturated rings. The summed E-state index contributed by atoms with van der Waals surface area (Å²) in [6.45, 7) is -1.51. The van der Waals surface area contributed by atoms with E-state index < -0.39 is 24.7 Å². The minimum Gasteiger partial charge on any atom is -0.478 e. The average molecular weight is 341 g/mol. The van der Waals surface area contributed by atoms with Crippen LogP contribution in [0.15, 0.2) is 22.7 Å². The van der Waals surface area contributed by atoms with E-state index in [9.17, 15) is 22.8 Å². The maximum atomic E-state index is 11.9. The van der Waals surface area contributed by atoms with Crippen molar-refractivity contribution in [1.82, 2.24) is 5.32 Å². The SMILES string of the molecule is O=C(NCC(F)(F)F)Nc1c(Br)cccc1C(=O)O. The van der Waals surface area contributed by atoms with Crippen LogP contribution >= 0.6 is 15.9 Å². The average Bonchev–Trinajstić information content (AvgIpc) is 2.28. The van der Waals surface area contributed by atoms with Gasteiger partial charge < -0.3 is 15.7 Å². The van der Waals surface area contributed by atoms with Crippen LogP contribution in [0.1, 0.15) is 10.4 Å². The summed E-state index contributed by atoms with van der Waals surface area (Å²) in [5.41, 5.74) is -0.355. The number of carboxylic acids is 1. The van der Waals surface area contributed by atoms with E-state index >= 15 is 0 Å². The van der Waals surface area contributed by atoms with Gasteiger partial charge in [0.25, 0.3) is 0 Å². The normalized spacial score (nSPS) is 10.9. The van der Waals surface area contributed by atoms with E-state index in [4.69, 9.17) is 5.11 Å². The third-order valence-corrected chi connectivity index (χ3v) is 2.59. The molecule has 19 heavy (non-hydrogen) atoms. The van der Waals surface area contributed by atoms with Crippen LogP contribution in [0.3, 0.4) is 0 Å². The second kappa shape index (κ2) is 5.91. The van der Waals surface area contributed by atoms with E-state index in [0.29, 0.717) is 0 Å². The molecule has 0 saturated heterocycles. The summed E-state index contributed by atoms with van der Waals surface area (Å²) in [5.74, 6) is -1.31. The van der Waals surface area contributed by atoms with Gasteiger partial charge >= 0.3 is 18.2 Å². The molecule has 2 amide bonds. The molecule has 3 N–H and O–H groups in total. The van der Waals surface area contributed by atoms with Crippen LogP contribution in [0.2, 0.25) is 0 Å². The van der Waals surface area contributed by atoms with E-state index in [1.54, 1.807) is 5.32 Å². The number of carbonyl (C=O) groups excluding carboxylic acids is 1. The quantitative estimate of drug-likeness (QED) is 0.791. The van der Waals surface area contributed by atoms with Gasteiger partial charge in [0, 0.05) is 4.47 Å². The Kier molecular flexibility index (Phi) is 4.76. The Hall–Kier alpha value is -1.77. The largest absolute Gasteiger partial charge is 0.478 e. The first-order valence-corrected chi connectivity index (χ1v) is 5.63. The molecule has 0 aromatic heterocycles. The van der Waals surface area contributed by atoms with Crippen molar-refractivity contribution in [1.29, 1.82) is 0 Å². The molecule has 1 aromatic rings. The van der Waals surface area contributed by atoms with Gasteiger partial charge in [-0.05, 0) is 28.1 Å². The molecule has 0 radical (unpaired) electrons. The van der Waals surface area contributed by atoms with Crippen LogP contribution in [0.25, 0.3) is 0 Å². The molecule has 5 nitrogen and oxygen atoms in total. The van der Waals surface area contributed by atoms with Crippen molar-refractivity contribution in [3.63, 3.8) is 0 Å². The number of carbonyl (C=O) groups is 2. The van der Waals surface area contributed by atoms with Crippen LogP contribution in [-0.2, 0) is 0 Å². The Labute approximate surface area is 113 Å². The fraction of sp³-hybridized carbons (Fsp3) is 0.200. The van der Waals surface area contributed by atoms with Crippen LogP contribution in [0, 0.1) is 0 Å². The van der Waals surface area contributed by atoms with Crippen molar-refractivity contribution in [2.45, 2.75) is 6.18 Å². The number of hydrogen-bond donors (Lipinski definition) is 3. The first-order chi connectivity index (χ1) is 8.70. The number of hydrogen-bond acceptors (Lipinski definition) is 2. The number of amides is 2. The highest BCUT2D eigenvalue weighted by atomic mass is 79.9. The molecule has 0 spiro atoms. The number of anilines is 1. The van der Waals surface area contributed by atoms with Crippen molar-refractivity contribution < 1.29 is 27.9 Å². The van der Waals surface area contributed by atoms with Gasteiger partial charge in [-0.3, -0.25) is 0 Å². The Bertz CT molecular complexity index is 505. The monoisotopic (exact) mass is 340 g/mol. The lowest BCUT2D eigenvalue weighted by atomic mass is 10.2. The Morgan fingerprint density at radius 1 is 1.32 bits per heavy atom. The second-order valence-electron chi connectivity index (χ2n) is 3.39. The number of urea groups is 1. The summed E-state index contributed by atoms with van der Waals surface area (Å²) in [6, 6.07) is 2.94. The lowest BCUT2D eigenvalue weighted by Gasteiger charge is -2.12. The van der Waals surface area contributed by atoms with Gasteiger partial charge in [-0.15, -0.1) is 0 Å². The molecule has 9 heteroatoms. The first kappa shape index (κ1) is 15.3. The highest BCUT2D eigenvalue weighted by Crippen LogP contribution is 2.26. The fourth-order valence-corrected chi connectivity index (χ4v) is 1.63. The molecule has 104 valence electrons. The molecule has 1 aromatic carbocycles. The number of nitrogens with one attached hydrogen (secondary N) is 2. The molecule has 0 saturated carbocycles. The van der Waals surface area contributed by atoms with Crippen LogP contribution < -0.4 is 10.6 Å². The summed E-state index contributed by atoms with van der Waals surface area (Å²) in [6.07, 6.45) is -4.54. The number of para-hydroxylation sites is 1. The lowest BCUT2D eigenvalue weighted by molar-refractivity contribution is -0.122. The topological polar surface area (TPSA) is 78.4 Å². The Morgan fingerprint density at radius 3 is 2.47 bits per heavy atom. The highest BCUT2D eigenvalue weighted by Gasteiger charge is 2.28. The first-order valence-electron chi connectivity index (χ1n) is 4.84. The number of rotatable bonds is 3. The molecule has 1 rings (SSSR count). The zero-order valence-electron chi connectivity index (χ0n) is 9.21. The number of benzene rings is 1. The van der Waals surface area contributed by atoms with Crippen LogP contribution in [-0.4, -0.2) is 29.8 Å². The number of aromatic carboxylic acids is 1. The highest BCUT2D eigenvalue weighted by molar-refractivity contribution is 9.10. The van der Waals surface area contributed by atoms with Crippen LogP contribution in [0.4, 0.5) is 23.7 Å². The van der Waals surface area contributed by atoms with E-state index in [0.717, 1.165) is 0 Å². The fourth-order valence-electron chi connectivity index (χ4n) is 1.17. The van der Waals surface area contributed by atoms with Crippen molar-refractivity contribution in [2.75, 3.05) is 11.9 Å². The number of carboxylic acid groups (broad SMARTS) is 1. The summed E-state index contributed by atoms with van der Waals surface area (Å²) in [4.78, 5) is 22.2. The van der Waals surface area contributed by atoms with Gasteiger partial charge in [-0.1, -0.05) is 6.07 Å².